The van der Waals surface area contributed by atoms with E-state index in [-0.39, 0.29) is 12.7 Å². The summed E-state index contributed by atoms with van der Waals surface area (Å²) >= 11 is 0. The molecule has 2 aromatic rings. The lowest BCUT2D eigenvalue weighted by Gasteiger charge is -2.18. The Hall–Kier alpha value is -2.95. The van der Waals surface area contributed by atoms with Crippen molar-refractivity contribution in [2.75, 3.05) is 6.73 Å². The molecule has 0 radical (unpaired) electrons. The maximum absolute atomic E-state index is 12.5. The van der Waals surface area contributed by atoms with E-state index in [0.29, 0.717) is 11.1 Å². The molecule has 0 saturated heterocycles. The quantitative estimate of drug-likeness (QED) is 0.641. The van der Waals surface area contributed by atoms with Gasteiger partial charge in [-0.15, -0.1) is 0 Å². The largest absolute Gasteiger partial charge is 0.443 e. The van der Waals surface area contributed by atoms with E-state index in [2.05, 4.69) is 0 Å². The van der Waals surface area contributed by atoms with Gasteiger partial charge in [-0.25, -0.2) is 4.90 Å². The van der Waals surface area contributed by atoms with Crippen LogP contribution in [0.25, 0.3) is 0 Å². The van der Waals surface area contributed by atoms with Crippen LogP contribution in [-0.4, -0.2) is 29.4 Å². The number of esters is 1. The lowest BCUT2D eigenvalue weighted by Crippen LogP contribution is -2.35. The third-order valence-electron chi connectivity index (χ3n) is 4.67. The van der Waals surface area contributed by atoms with Crippen LogP contribution in [0.15, 0.2) is 54.6 Å². The standard InChI is InChI=1S/C19H15NO4/c21-16-14-8-4-5-9-15(14)17(22)20(16)12-24-18(23)19(10-11-19)13-6-2-1-3-7-13/h1-9H,10-12H2. The molecule has 120 valence electrons. The number of ether oxygens (including phenoxy) is 1. The van der Waals surface area contributed by atoms with E-state index >= 15 is 0 Å². The van der Waals surface area contributed by atoms with Gasteiger partial charge in [-0.05, 0) is 30.5 Å². The van der Waals surface area contributed by atoms with Crippen LogP contribution in [0.2, 0.25) is 0 Å². The molecule has 5 heteroatoms. The van der Waals surface area contributed by atoms with Crippen molar-refractivity contribution >= 4 is 17.8 Å². The van der Waals surface area contributed by atoms with E-state index in [4.69, 9.17) is 4.74 Å². The lowest BCUT2D eigenvalue weighted by atomic mass is 9.96. The Morgan fingerprint density at radius 1 is 0.917 bits per heavy atom. The zero-order valence-electron chi connectivity index (χ0n) is 12.9. The summed E-state index contributed by atoms with van der Waals surface area (Å²) in [5.41, 5.74) is 0.989. The average molecular weight is 321 g/mol. The van der Waals surface area contributed by atoms with Gasteiger partial charge in [0.2, 0.25) is 0 Å². The smallest absolute Gasteiger partial charge is 0.318 e. The van der Waals surface area contributed by atoms with Gasteiger partial charge in [0, 0.05) is 0 Å². The van der Waals surface area contributed by atoms with E-state index in [0.717, 1.165) is 23.3 Å². The van der Waals surface area contributed by atoms with Crippen LogP contribution in [0.3, 0.4) is 0 Å². The Kier molecular flexibility index (Phi) is 3.23. The molecule has 2 aliphatic rings. The predicted molar refractivity (Wildman–Crippen MR) is 85.3 cm³/mol. The maximum Gasteiger partial charge on any atom is 0.318 e. The molecular weight excluding hydrogens is 306 g/mol. The summed E-state index contributed by atoms with van der Waals surface area (Å²) in [6.45, 7) is -0.347. The second-order valence-electron chi connectivity index (χ2n) is 6.09. The van der Waals surface area contributed by atoms with Gasteiger partial charge in [-0.1, -0.05) is 42.5 Å². The molecule has 5 nitrogen and oxygen atoms in total. The van der Waals surface area contributed by atoms with Gasteiger partial charge in [0.1, 0.15) is 0 Å². The molecule has 0 atom stereocenters. The normalized spacial score (nSPS) is 17.6. The third-order valence-corrected chi connectivity index (χ3v) is 4.67. The van der Waals surface area contributed by atoms with Gasteiger partial charge in [0.25, 0.3) is 11.8 Å². The first-order valence-corrected chi connectivity index (χ1v) is 7.81. The van der Waals surface area contributed by atoms with Crippen molar-refractivity contribution in [2.45, 2.75) is 18.3 Å². The minimum atomic E-state index is -0.625. The fourth-order valence-electron chi connectivity index (χ4n) is 3.11. The summed E-state index contributed by atoms with van der Waals surface area (Å²) in [4.78, 5) is 38.0. The summed E-state index contributed by atoms with van der Waals surface area (Å²) in [5.74, 6) is -1.23. The zero-order valence-corrected chi connectivity index (χ0v) is 12.9. The number of carbonyl (C=O) groups excluding carboxylic acids is 3. The third kappa shape index (κ3) is 2.12. The fraction of sp³-hybridized carbons (Fsp3) is 0.211. The molecule has 4 rings (SSSR count). The monoisotopic (exact) mass is 321 g/mol. The number of carbonyl (C=O) groups is 3. The number of nitrogens with zero attached hydrogens (tertiary/aromatic N) is 1. The number of benzene rings is 2. The van der Waals surface area contributed by atoms with Crippen LogP contribution in [0, 0.1) is 0 Å². The summed E-state index contributed by atoms with van der Waals surface area (Å²) in [6, 6.07) is 16.1. The highest BCUT2D eigenvalue weighted by atomic mass is 16.5. The summed E-state index contributed by atoms with van der Waals surface area (Å²) in [5, 5.41) is 0. The first kappa shape index (κ1) is 14.6. The first-order chi connectivity index (χ1) is 11.6. The fourth-order valence-corrected chi connectivity index (χ4v) is 3.11. The molecule has 1 fully saturated rings. The van der Waals surface area contributed by atoms with Crippen LogP contribution in [0.4, 0.5) is 0 Å². The van der Waals surface area contributed by atoms with Crippen molar-refractivity contribution in [1.29, 1.82) is 0 Å². The number of hydrogen-bond donors (Lipinski definition) is 0. The molecule has 0 N–H and O–H groups in total. The number of hydrogen-bond acceptors (Lipinski definition) is 4. The van der Waals surface area contributed by atoms with Gasteiger partial charge < -0.3 is 4.74 Å². The first-order valence-electron chi connectivity index (χ1n) is 7.81. The molecule has 0 spiro atoms. The molecule has 2 amide bonds. The number of fused-ring (bicyclic) bond motifs is 1. The molecule has 0 unspecified atom stereocenters. The molecular formula is C19H15NO4. The lowest BCUT2D eigenvalue weighted by molar-refractivity contribution is -0.149. The molecule has 1 heterocycles. The van der Waals surface area contributed by atoms with E-state index in [9.17, 15) is 14.4 Å². The van der Waals surface area contributed by atoms with E-state index in [1.807, 2.05) is 30.3 Å². The van der Waals surface area contributed by atoms with Gasteiger partial charge in [-0.3, -0.25) is 14.4 Å². The average Bonchev–Trinajstić information content (AvgIpc) is 3.40. The van der Waals surface area contributed by atoms with Crippen LogP contribution in [0.5, 0.6) is 0 Å². The minimum Gasteiger partial charge on any atom is -0.443 e. The predicted octanol–water partition coefficient (Wildman–Crippen LogP) is 2.52. The molecule has 1 aliphatic carbocycles. The Morgan fingerprint density at radius 3 is 2.00 bits per heavy atom. The summed E-state index contributed by atoms with van der Waals surface area (Å²) in [6.07, 6.45) is 1.44. The topological polar surface area (TPSA) is 63.7 Å². The zero-order chi connectivity index (χ0) is 16.7. The van der Waals surface area contributed by atoms with Crippen molar-refractivity contribution in [3.63, 3.8) is 0 Å². The highest BCUT2D eigenvalue weighted by molar-refractivity contribution is 6.21. The second kappa shape index (κ2) is 5.30. The van der Waals surface area contributed by atoms with Gasteiger partial charge >= 0.3 is 5.97 Å². The van der Waals surface area contributed by atoms with Crippen molar-refractivity contribution in [1.82, 2.24) is 4.90 Å². The van der Waals surface area contributed by atoms with Gasteiger partial charge in [0.15, 0.2) is 6.73 Å². The van der Waals surface area contributed by atoms with Crippen molar-refractivity contribution in [3.8, 4) is 0 Å². The molecule has 0 aromatic heterocycles. The summed E-state index contributed by atoms with van der Waals surface area (Å²) < 4.78 is 5.33. The van der Waals surface area contributed by atoms with Crippen LogP contribution in [-0.2, 0) is 14.9 Å². The Morgan fingerprint density at radius 2 is 1.46 bits per heavy atom. The maximum atomic E-state index is 12.5. The number of imide groups is 1. The highest BCUT2D eigenvalue weighted by Gasteiger charge is 2.53. The molecule has 0 bridgehead atoms. The van der Waals surface area contributed by atoms with Crippen LogP contribution in [0.1, 0.15) is 39.1 Å². The number of rotatable bonds is 4. The van der Waals surface area contributed by atoms with E-state index in [1.54, 1.807) is 24.3 Å². The molecule has 1 saturated carbocycles. The molecule has 1 aliphatic heterocycles. The van der Waals surface area contributed by atoms with E-state index < -0.39 is 17.2 Å². The Balaban J connectivity index is 1.48. The van der Waals surface area contributed by atoms with E-state index in [1.165, 1.54) is 0 Å². The molecule has 2 aromatic carbocycles. The second-order valence-corrected chi connectivity index (χ2v) is 6.09. The number of amides is 2. The Labute approximate surface area is 138 Å². The van der Waals surface area contributed by atoms with Crippen LogP contribution < -0.4 is 0 Å². The van der Waals surface area contributed by atoms with Gasteiger partial charge in [0.05, 0.1) is 16.5 Å². The van der Waals surface area contributed by atoms with Crippen molar-refractivity contribution in [2.24, 2.45) is 0 Å². The van der Waals surface area contributed by atoms with Crippen LogP contribution >= 0.6 is 0 Å². The highest BCUT2D eigenvalue weighted by Crippen LogP contribution is 2.49. The molecule has 24 heavy (non-hydrogen) atoms. The van der Waals surface area contributed by atoms with Crippen molar-refractivity contribution < 1.29 is 19.1 Å². The summed E-state index contributed by atoms with van der Waals surface area (Å²) in [7, 11) is 0. The SMILES string of the molecule is O=C1c2ccccc2C(=O)N1COC(=O)C1(c2ccccc2)CC1. The Bertz CT molecular complexity index is 804. The minimum absolute atomic E-state index is 0.347. The van der Waals surface area contributed by atoms with Crippen molar-refractivity contribution in [3.05, 3.63) is 71.3 Å². The van der Waals surface area contributed by atoms with Gasteiger partial charge in [-0.2, -0.15) is 0 Å².